The van der Waals surface area contributed by atoms with E-state index in [0.717, 1.165) is 45.3 Å². The number of nitrogens with one attached hydrogen (secondary N) is 1. The maximum atomic E-state index is 14.8. The molecule has 782 valence electrons. The number of nitrogens with zero attached hydrogens (tertiary/aromatic N) is 6. The van der Waals surface area contributed by atoms with Crippen LogP contribution in [0.2, 0.25) is 0 Å². The Balaban J connectivity index is 0.000000224. The van der Waals surface area contributed by atoms with E-state index in [1.165, 1.54) is 56.6 Å². The first-order valence-electron chi connectivity index (χ1n) is 44.6. The number of ether oxygens (including phenoxy) is 2. The van der Waals surface area contributed by atoms with Gasteiger partial charge in [-0.3, -0.25) is 43.6 Å². The average molecular weight is 2310 g/mol. The van der Waals surface area contributed by atoms with Crippen molar-refractivity contribution in [1.82, 2.24) is 34.6 Å². The van der Waals surface area contributed by atoms with Crippen LogP contribution in [0.1, 0.15) is 281 Å². The number of rotatable bonds is 22. The molecule has 4 aliphatic rings. The van der Waals surface area contributed by atoms with Crippen LogP contribution < -0.4 is 10.8 Å². The number of aromatic nitrogens is 6. The molecule has 1 saturated heterocycles. The highest BCUT2D eigenvalue weighted by Gasteiger charge is 2.57. The zero-order valence-electron chi connectivity index (χ0n) is 81.2. The topological polar surface area (TPSA) is 277 Å². The summed E-state index contributed by atoms with van der Waals surface area (Å²) in [5.41, 5.74) is -7.92. The molecular formula is C102H104BBr4F18N7O13. The van der Waals surface area contributed by atoms with Crippen LogP contribution in [0.3, 0.4) is 0 Å². The van der Waals surface area contributed by atoms with Crippen LogP contribution in [0.25, 0.3) is 0 Å². The summed E-state index contributed by atoms with van der Waals surface area (Å²) in [6.07, 6.45) is -2.57. The molecule has 13 rings (SSSR count). The second-order valence-corrected chi connectivity index (χ2v) is 42.6. The number of hydrogen-bond acceptors (Lipinski definition) is 16. The number of ketones is 1. The maximum absolute atomic E-state index is 14.8. The molecule has 2 aliphatic carbocycles. The molecule has 9 aromatic rings. The summed E-state index contributed by atoms with van der Waals surface area (Å²) in [4.78, 5) is 73.4. The third-order valence-corrected chi connectivity index (χ3v) is 24.2. The number of aliphatic hydroxyl groups is 3. The van der Waals surface area contributed by atoms with Gasteiger partial charge in [-0.25, -0.2) is 61.5 Å². The Morgan fingerprint density at radius 1 is 0.510 bits per heavy atom. The number of carboxylic acids is 1. The molecule has 20 nitrogen and oxygen atoms in total. The van der Waals surface area contributed by atoms with Gasteiger partial charge in [0.15, 0.2) is 5.78 Å². The summed E-state index contributed by atoms with van der Waals surface area (Å²) < 4.78 is 274. The molecule has 5 N–H and O–H groups in total. The van der Waals surface area contributed by atoms with Gasteiger partial charge in [-0.05, 0) is 282 Å². The van der Waals surface area contributed by atoms with Crippen molar-refractivity contribution in [3.63, 3.8) is 0 Å². The lowest BCUT2D eigenvalue weighted by atomic mass is 9.78. The van der Waals surface area contributed by atoms with E-state index in [0.29, 0.717) is 70.4 Å². The average Bonchev–Trinajstić information content (AvgIpc) is 1.56. The van der Waals surface area contributed by atoms with Crippen molar-refractivity contribution in [3.05, 3.63) is 258 Å². The molecular weight excluding hydrogens is 2200 g/mol. The smallest absolute Gasteiger partial charge is 0.480 e. The van der Waals surface area contributed by atoms with Gasteiger partial charge in [-0.1, -0.05) is 41.7 Å². The summed E-state index contributed by atoms with van der Waals surface area (Å²) in [5, 5.41) is 42.5. The minimum atomic E-state index is -3.94. The van der Waals surface area contributed by atoms with E-state index in [2.05, 4.69) is 119 Å². The number of terminal acetylenes is 1. The molecule has 5 aromatic heterocycles. The predicted molar refractivity (Wildman–Crippen MR) is 516 cm³/mol. The number of benzene rings is 4. The van der Waals surface area contributed by atoms with Gasteiger partial charge < -0.3 is 49.1 Å². The van der Waals surface area contributed by atoms with E-state index in [-0.39, 0.29) is 65.2 Å². The maximum Gasteiger partial charge on any atom is 0.494 e. The van der Waals surface area contributed by atoms with Gasteiger partial charge in [-0.15, -0.1) is 6.42 Å². The van der Waals surface area contributed by atoms with Gasteiger partial charge in [0.05, 0.1) is 64.5 Å². The lowest BCUT2D eigenvalue weighted by molar-refractivity contribution is -0.156. The Labute approximate surface area is 859 Å². The summed E-state index contributed by atoms with van der Waals surface area (Å²) in [5.74, 6) is -12.0. The largest absolute Gasteiger partial charge is 0.494 e. The Bertz CT molecular complexity index is 6340. The third kappa shape index (κ3) is 35.1. The summed E-state index contributed by atoms with van der Waals surface area (Å²) in [6, 6.07) is 20.2. The number of halogens is 22. The van der Waals surface area contributed by atoms with Crippen molar-refractivity contribution in [1.29, 1.82) is 0 Å². The van der Waals surface area contributed by atoms with Crippen LogP contribution >= 0.6 is 63.7 Å². The number of carboxylic acid groups (broad SMARTS) is 1. The van der Waals surface area contributed by atoms with E-state index in [1.54, 1.807) is 81.5 Å². The SMILES string of the molecule is C#CC(C)(C)O.CC(C)(C)OC(=O)C[C@@H](Cc1cc(F)cc(F)c1)c1ncc(Br)cc1Br.CC(C)(O)C#Cc1cnc([C@@H](CC(=O)Cn2cc(C(F)F)c3c2C(F)(F)CCC3(F)F)Cc2cc(F)cc(F)c2)c(Br)c1.CC(C)(O)C#Cc1cnc([C@@H](CC(=O)OC(C)(C)C)Cc2cc(F)cc(F)c2)c(Br)c1.CC1(C)OB(c2ccc3c(c2)C(=O)NC3)OC1(C)C.O=C(O)Cn1nc(C(F)F)c2c1C(F)(F)CCC2(F)F. The number of carbonyl (C=O) groups is 5. The first kappa shape index (κ1) is 120. The van der Waals surface area contributed by atoms with Crippen LogP contribution in [0.4, 0.5) is 79.0 Å². The van der Waals surface area contributed by atoms with E-state index in [4.69, 9.17) is 35.4 Å². The van der Waals surface area contributed by atoms with E-state index >= 15 is 0 Å². The number of Topliss-reactive ketones (excluding diaryl/α,β-unsaturated/α-hetero) is 1. The molecule has 2 aliphatic heterocycles. The normalized spacial score (nSPS) is 16.1. The lowest BCUT2D eigenvalue weighted by Gasteiger charge is -2.32. The van der Waals surface area contributed by atoms with Crippen molar-refractivity contribution in [2.45, 2.75) is 288 Å². The van der Waals surface area contributed by atoms with Crippen molar-refractivity contribution < 1.29 is 142 Å². The summed E-state index contributed by atoms with van der Waals surface area (Å²) in [7, 11) is -0.413. The Morgan fingerprint density at radius 3 is 1.26 bits per heavy atom. The predicted octanol–water partition coefficient (Wildman–Crippen LogP) is 23.7. The quantitative estimate of drug-likeness (QED) is 0.0182. The monoisotopic (exact) mass is 2300 g/mol. The molecule has 0 radical (unpaired) electrons. The second-order valence-electron chi connectivity index (χ2n) is 39.1. The highest BCUT2D eigenvalue weighted by Crippen LogP contribution is 2.55. The van der Waals surface area contributed by atoms with Crippen molar-refractivity contribution in [3.8, 4) is 36.0 Å². The first-order chi connectivity index (χ1) is 66.5. The third-order valence-electron chi connectivity index (χ3n) is 21.9. The number of amides is 1. The number of aliphatic carboxylic acids is 1. The van der Waals surface area contributed by atoms with Crippen molar-refractivity contribution in [2.24, 2.45) is 0 Å². The van der Waals surface area contributed by atoms with Gasteiger partial charge in [0, 0.05) is 140 Å². The zero-order chi connectivity index (χ0) is 109. The van der Waals surface area contributed by atoms with E-state index in [9.17, 15) is 113 Å². The van der Waals surface area contributed by atoms with Crippen LogP contribution in [0.5, 0.6) is 0 Å². The molecule has 0 bridgehead atoms. The van der Waals surface area contributed by atoms with Gasteiger partial charge >= 0.3 is 25.0 Å². The summed E-state index contributed by atoms with van der Waals surface area (Å²) >= 11 is 13.6. The highest BCUT2D eigenvalue weighted by molar-refractivity contribution is 9.11. The van der Waals surface area contributed by atoms with Crippen LogP contribution in [0.15, 0.2) is 134 Å². The highest BCUT2D eigenvalue weighted by atomic mass is 79.9. The van der Waals surface area contributed by atoms with Gasteiger partial charge in [0.25, 0.3) is 42.4 Å². The van der Waals surface area contributed by atoms with Crippen LogP contribution in [-0.4, -0.2) is 126 Å². The fourth-order valence-electron chi connectivity index (χ4n) is 15.1. The molecule has 1 amide bonds. The fraction of sp³-hybridized carbons (Fsp3) is 0.441. The van der Waals surface area contributed by atoms with Crippen molar-refractivity contribution in [2.75, 3.05) is 0 Å². The second kappa shape index (κ2) is 47.8. The van der Waals surface area contributed by atoms with Gasteiger partial charge in [0.1, 0.15) is 80.8 Å². The number of hydrogen-bond donors (Lipinski definition) is 5. The van der Waals surface area contributed by atoms with Gasteiger partial charge in [0.2, 0.25) is 0 Å². The van der Waals surface area contributed by atoms with Gasteiger partial charge in [-0.2, -0.15) is 22.7 Å². The molecule has 0 unspecified atom stereocenters. The molecule has 43 heteroatoms. The standard InChI is InChI=1S/C30H25BrF8N2O2.C24H26BrF2NO3.C19H19Br2F2NO2.C14H18BNO3.C10H8F6N2O2.C5H8O/c1-28(2,43)4-3-16-10-23(31)25(40-13-16)18(7-17-8-19(32)12-20(33)9-17)11-21(42)14-41-15-22(27(34)35)24-26(41)30(38,39)6-5-29(24,36)37;1-23(2,3)31-21(29)12-17(8-16-9-18(26)13-19(27)10-16)22-20(25)11-15(14-28-22)6-7-24(4,5)30;1-19(2,3)26-17(25)7-12(18-16(21)8-13(20)10-24-18)4-11-5-14(22)9-15(23)6-11;1-13(2)14(3,4)19-15(18-13)10-6-5-9-8-16-12(17)11(9)7-10;11-8(12)6-5-7(18(17-6)3-4(19)20)10(15,16)2-1-9(5,13)14;1-4-5(2,3)6/h8-10,12-13,15,18,27,43H,5-7,11,14H2,1-2H3;9-11,13-14,17,30H,8,12H2,1-5H3;5-6,8-10,12H,4,7H2,1-3H3;5-7H,8H2,1-4H3,(H,16,17);8H,1-3H2,(H,19,20);1,6H,2-3H3/t18-;17-;12-;;;/m111.../s1. The number of esters is 2. The molecule has 145 heavy (non-hydrogen) atoms. The number of fused-ring (bicyclic) bond motifs is 3. The van der Waals surface area contributed by atoms with Crippen LogP contribution in [0, 0.1) is 70.9 Å². The molecule has 1 fully saturated rings. The number of carbonyl (C=O) groups excluding carboxylic acids is 4. The molecule has 0 spiro atoms. The number of alkyl halides is 12. The number of pyridine rings is 3. The fourth-order valence-corrected chi connectivity index (χ4v) is 17.7. The summed E-state index contributed by atoms with van der Waals surface area (Å²) in [6.45, 7) is 26.5. The minimum Gasteiger partial charge on any atom is -0.480 e. The van der Waals surface area contributed by atoms with Crippen LogP contribution in [-0.2, 0) is 101 Å². The molecule has 7 heterocycles. The first-order valence-corrected chi connectivity index (χ1v) is 47.8. The van der Waals surface area contributed by atoms with E-state index < -0.39 is 227 Å². The molecule has 3 atom stereocenters. The zero-order valence-corrected chi connectivity index (χ0v) is 87.5. The van der Waals surface area contributed by atoms with E-state index in [1.807, 2.05) is 52.0 Å². The Hall–Kier alpha value is -10.4. The lowest BCUT2D eigenvalue weighted by Crippen LogP contribution is -2.41. The minimum absolute atomic E-state index is 0.0182. The molecule has 0 saturated carbocycles. The van der Waals surface area contributed by atoms with Crippen molar-refractivity contribution >= 4 is 106 Å². The Kier molecular flexibility index (Phi) is 39.5. The Morgan fingerprint density at radius 2 is 0.890 bits per heavy atom. The molecule has 4 aromatic carbocycles.